The first-order valence-electron chi connectivity index (χ1n) is 8.79. The van der Waals surface area contributed by atoms with E-state index in [1.54, 1.807) is 6.20 Å². The second-order valence-corrected chi connectivity index (χ2v) is 8.30. The van der Waals surface area contributed by atoms with Gasteiger partial charge in [0.2, 0.25) is 0 Å². The number of nitrogens with one attached hydrogen (secondary N) is 1. The van der Waals surface area contributed by atoms with Crippen molar-refractivity contribution >= 4 is 11.5 Å². The molecule has 0 atom stereocenters. The minimum atomic E-state index is -0.233. The number of allylic oxidation sites excluding steroid dienone is 1. The lowest BCUT2D eigenvalue weighted by Gasteiger charge is -2.56. The molecule has 1 N–H and O–H groups in total. The number of Topliss-reactive ketones (excluding diaryl/α,β-unsaturated/α-hetero) is 1. The van der Waals surface area contributed by atoms with Crippen LogP contribution in [-0.4, -0.2) is 30.4 Å². The highest BCUT2D eigenvalue weighted by atomic mass is 16.1. The van der Waals surface area contributed by atoms with Crippen molar-refractivity contribution in [3.05, 3.63) is 47.2 Å². The predicted molar refractivity (Wildman–Crippen MR) is 93.8 cm³/mol. The number of ketones is 1. The minimum absolute atomic E-state index is 0.00922. The third-order valence-corrected chi connectivity index (χ3v) is 5.82. The van der Waals surface area contributed by atoms with E-state index < -0.39 is 0 Å². The SMILES string of the molecule is CC1(C)CC(=O)C2=C(C1)NC1=C(CN=N1)C21CN(c2cccnc2)C1. The third-order valence-electron chi connectivity index (χ3n) is 5.82. The van der Waals surface area contributed by atoms with Gasteiger partial charge in [0, 0.05) is 42.6 Å². The van der Waals surface area contributed by atoms with Gasteiger partial charge in [0.25, 0.3) is 0 Å². The molecule has 25 heavy (non-hydrogen) atoms. The van der Waals surface area contributed by atoms with Crippen LogP contribution in [0.3, 0.4) is 0 Å². The quantitative estimate of drug-likeness (QED) is 0.857. The van der Waals surface area contributed by atoms with E-state index in [0.717, 1.165) is 42.3 Å². The van der Waals surface area contributed by atoms with Gasteiger partial charge in [-0.3, -0.25) is 9.78 Å². The van der Waals surface area contributed by atoms with Gasteiger partial charge < -0.3 is 10.2 Å². The van der Waals surface area contributed by atoms with Gasteiger partial charge in [0.05, 0.1) is 23.8 Å². The number of fused-ring (bicyclic) bond motifs is 2. The fourth-order valence-electron chi connectivity index (χ4n) is 4.75. The van der Waals surface area contributed by atoms with Crippen LogP contribution in [0, 0.1) is 10.8 Å². The lowest BCUT2D eigenvalue weighted by atomic mass is 9.60. The number of carbonyl (C=O) groups is 1. The summed E-state index contributed by atoms with van der Waals surface area (Å²) < 4.78 is 0. The Morgan fingerprint density at radius 2 is 2.08 bits per heavy atom. The summed E-state index contributed by atoms with van der Waals surface area (Å²) in [7, 11) is 0. The van der Waals surface area contributed by atoms with Crippen LogP contribution in [-0.2, 0) is 4.79 Å². The molecular weight excluding hydrogens is 314 g/mol. The molecule has 1 spiro atoms. The standard InChI is InChI=1S/C19H21N5O/c1-18(2)6-14-16(15(25)7-18)19(13-9-21-23-17(13)22-14)10-24(11-19)12-4-3-5-20-8-12/h3-5,8,22H,6-7,9-11H2,1-2H3. The Bertz CT molecular complexity index is 859. The fraction of sp³-hybridized carbons (Fsp3) is 0.474. The Morgan fingerprint density at radius 3 is 2.84 bits per heavy atom. The summed E-state index contributed by atoms with van der Waals surface area (Å²) in [6.07, 6.45) is 5.16. The largest absolute Gasteiger partial charge is 0.368 e. The molecule has 128 valence electrons. The molecule has 0 saturated carbocycles. The summed E-state index contributed by atoms with van der Waals surface area (Å²) in [6, 6.07) is 4.02. The van der Waals surface area contributed by atoms with E-state index in [0.29, 0.717) is 13.0 Å². The molecule has 1 aromatic heterocycles. The van der Waals surface area contributed by atoms with Gasteiger partial charge in [-0.05, 0) is 24.0 Å². The average molecular weight is 335 g/mol. The van der Waals surface area contributed by atoms with Crippen molar-refractivity contribution in [3.8, 4) is 0 Å². The molecule has 6 nitrogen and oxygen atoms in total. The summed E-state index contributed by atoms with van der Waals surface area (Å²) in [6.45, 7) is 6.51. The third kappa shape index (κ3) is 2.03. The number of pyridine rings is 1. The molecule has 5 rings (SSSR count). The predicted octanol–water partition coefficient (Wildman–Crippen LogP) is 2.81. The van der Waals surface area contributed by atoms with Crippen molar-refractivity contribution in [3.63, 3.8) is 0 Å². The van der Waals surface area contributed by atoms with Crippen LogP contribution < -0.4 is 10.2 Å². The van der Waals surface area contributed by atoms with Crippen LogP contribution in [0.25, 0.3) is 0 Å². The Balaban J connectivity index is 1.56. The normalized spacial score (nSPS) is 25.7. The number of dihydropyridines is 1. The van der Waals surface area contributed by atoms with Crippen LogP contribution >= 0.6 is 0 Å². The minimum Gasteiger partial charge on any atom is -0.368 e. The number of nitrogens with zero attached hydrogens (tertiary/aromatic N) is 4. The zero-order valence-corrected chi connectivity index (χ0v) is 14.5. The number of carbonyl (C=O) groups excluding carboxylic acids is 1. The average Bonchev–Trinajstić information content (AvgIpc) is 2.98. The molecule has 0 radical (unpaired) electrons. The van der Waals surface area contributed by atoms with Crippen molar-refractivity contribution in [2.75, 3.05) is 24.5 Å². The fourth-order valence-corrected chi connectivity index (χ4v) is 4.75. The molecule has 0 aromatic carbocycles. The van der Waals surface area contributed by atoms with Crippen LogP contribution in [0.15, 0.2) is 57.4 Å². The number of anilines is 1. The molecule has 0 unspecified atom stereocenters. The molecule has 1 aliphatic carbocycles. The highest BCUT2D eigenvalue weighted by molar-refractivity contribution is 6.00. The first-order valence-corrected chi connectivity index (χ1v) is 8.79. The Kier molecular flexibility index (Phi) is 2.83. The zero-order chi connectivity index (χ0) is 17.2. The maximum Gasteiger partial charge on any atom is 0.162 e. The number of hydrogen-bond donors (Lipinski definition) is 1. The van der Waals surface area contributed by atoms with E-state index in [1.807, 2.05) is 12.3 Å². The number of aromatic nitrogens is 1. The van der Waals surface area contributed by atoms with Gasteiger partial charge in [-0.1, -0.05) is 13.8 Å². The van der Waals surface area contributed by atoms with Gasteiger partial charge in [-0.2, -0.15) is 5.11 Å². The zero-order valence-electron chi connectivity index (χ0n) is 14.5. The van der Waals surface area contributed by atoms with Gasteiger partial charge in [0.1, 0.15) is 0 Å². The van der Waals surface area contributed by atoms with E-state index in [2.05, 4.69) is 45.3 Å². The van der Waals surface area contributed by atoms with Crippen molar-refractivity contribution in [2.45, 2.75) is 26.7 Å². The summed E-state index contributed by atoms with van der Waals surface area (Å²) >= 11 is 0. The van der Waals surface area contributed by atoms with Crippen molar-refractivity contribution in [1.29, 1.82) is 0 Å². The van der Waals surface area contributed by atoms with Crippen LogP contribution in [0.5, 0.6) is 0 Å². The molecule has 1 aromatic rings. The summed E-state index contributed by atoms with van der Waals surface area (Å²) in [5, 5.41) is 12.0. The molecule has 1 saturated heterocycles. The molecule has 0 amide bonds. The topological polar surface area (TPSA) is 70.0 Å². The van der Waals surface area contributed by atoms with Crippen molar-refractivity contribution < 1.29 is 4.79 Å². The van der Waals surface area contributed by atoms with Crippen molar-refractivity contribution in [1.82, 2.24) is 10.3 Å². The molecule has 1 fully saturated rings. The lowest BCUT2D eigenvalue weighted by molar-refractivity contribution is -0.119. The lowest BCUT2D eigenvalue weighted by Crippen LogP contribution is -2.62. The Labute approximate surface area is 146 Å². The Hall–Kier alpha value is -2.50. The van der Waals surface area contributed by atoms with E-state index in [9.17, 15) is 4.79 Å². The molecule has 0 bridgehead atoms. The smallest absolute Gasteiger partial charge is 0.162 e. The maximum absolute atomic E-state index is 13.1. The number of rotatable bonds is 1. The van der Waals surface area contributed by atoms with E-state index in [-0.39, 0.29) is 16.6 Å². The molecule has 3 aliphatic heterocycles. The maximum atomic E-state index is 13.1. The molecular formula is C19H21N5O. The second kappa shape index (κ2) is 4.77. The summed E-state index contributed by atoms with van der Waals surface area (Å²) in [4.78, 5) is 19.6. The van der Waals surface area contributed by atoms with Gasteiger partial charge >= 0.3 is 0 Å². The highest BCUT2D eigenvalue weighted by Gasteiger charge is 2.57. The number of azo groups is 1. The second-order valence-electron chi connectivity index (χ2n) is 8.30. The van der Waals surface area contributed by atoms with Gasteiger partial charge in [-0.25, -0.2) is 0 Å². The monoisotopic (exact) mass is 335 g/mol. The Morgan fingerprint density at radius 1 is 1.24 bits per heavy atom. The van der Waals surface area contributed by atoms with Gasteiger partial charge in [-0.15, -0.1) is 5.11 Å². The van der Waals surface area contributed by atoms with E-state index in [1.165, 1.54) is 5.57 Å². The molecule has 6 heteroatoms. The number of hydrogen-bond acceptors (Lipinski definition) is 6. The van der Waals surface area contributed by atoms with Crippen LogP contribution in [0.2, 0.25) is 0 Å². The highest BCUT2D eigenvalue weighted by Crippen LogP contribution is 2.55. The van der Waals surface area contributed by atoms with Crippen LogP contribution in [0.1, 0.15) is 26.7 Å². The molecule has 4 aliphatic rings. The first kappa shape index (κ1) is 14.8. The molecule has 4 heterocycles. The first-order chi connectivity index (χ1) is 12.0. The van der Waals surface area contributed by atoms with E-state index >= 15 is 0 Å². The summed E-state index contributed by atoms with van der Waals surface area (Å²) in [5.74, 6) is 1.15. The van der Waals surface area contributed by atoms with E-state index in [4.69, 9.17) is 0 Å². The van der Waals surface area contributed by atoms with Crippen molar-refractivity contribution in [2.24, 2.45) is 21.1 Å². The van der Waals surface area contributed by atoms with Crippen LogP contribution in [0.4, 0.5) is 5.69 Å². The van der Waals surface area contributed by atoms with Gasteiger partial charge in [0.15, 0.2) is 11.6 Å². The summed E-state index contributed by atoms with van der Waals surface area (Å²) in [5.41, 5.74) is 4.09.